The Labute approximate surface area is 136 Å². The molecule has 1 N–H and O–H groups in total. The number of nitrogens with zero attached hydrogens (tertiary/aromatic N) is 4. The lowest BCUT2D eigenvalue weighted by Crippen LogP contribution is -2.20. The second-order valence-corrected chi connectivity index (χ2v) is 5.03. The zero-order valence-corrected chi connectivity index (χ0v) is 12.6. The Morgan fingerprint density at radius 1 is 1.22 bits per heavy atom. The van der Waals surface area contributed by atoms with Crippen LogP contribution in [0.15, 0.2) is 54.9 Å². The molecule has 0 radical (unpaired) electrons. The third kappa shape index (κ3) is 4.04. The van der Waals surface area contributed by atoms with Crippen molar-refractivity contribution in [2.45, 2.75) is 0 Å². The van der Waals surface area contributed by atoms with Crippen LogP contribution in [0.2, 0.25) is 5.02 Å². The standard InChI is InChI=1S/C15H12ClN5O2/c16-11-2-1-3-12(8-11)18-15(22)9-23-14-6-4-13(5-7-14)21-10-17-19-20-21/h1-8,10H,9H2,(H,18,22). The zero-order chi connectivity index (χ0) is 16.1. The fourth-order valence-electron chi connectivity index (χ4n) is 1.89. The number of tetrazole rings is 1. The number of aromatic nitrogens is 4. The predicted octanol–water partition coefficient (Wildman–Crippen LogP) is 2.33. The van der Waals surface area contributed by atoms with Gasteiger partial charge in [0.2, 0.25) is 0 Å². The van der Waals surface area contributed by atoms with E-state index in [9.17, 15) is 4.79 Å². The van der Waals surface area contributed by atoms with E-state index in [0.717, 1.165) is 5.69 Å². The summed E-state index contributed by atoms with van der Waals surface area (Å²) >= 11 is 5.86. The minimum absolute atomic E-state index is 0.100. The van der Waals surface area contributed by atoms with Crippen LogP contribution in [0.25, 0.3) is 5.69 Å². The quantitative estimate of drug-likeness (QED) is 0.777. The van der Waals surface area contributed by atoms with Crippen LogP contribution in [0, 0.1) is 0 Å². The Morgan fingerprint density at radius 2 is 2.04 bits per heavy atom. The average Bonchev–Trinajstić information content (AvgIpc) is 3.08. The van der Waals surface area contributed by atoms with Crippen molar-refractivity contribution in [3.63, 3.8) is 0 Å². The van der Waals surface area contributed by atoms with Gasteiger partial charge in [-0.1, -0.05) is 17.7 Å². The van der Waals surface area contributed by atoms with Gasteiger partial charge in [-0.2, -0.15) is 0 Å². The highest BCUT2D eigenvalue weighted by Crippen LogP contribution is 2.16. The minimum Gasteiger partial charge on any atom is -0.484 e. The lowest BCUT2D eigenvalue weighted by molar-refractivity contribution is -0.118. The smallest absolute Gasteiger partial charge is 0.262 e. The number of amides is 1. The summed E-state index contributed by atoms with van der Waals surface area (Å²) in [6, 6.07) is 14.0. The maximum atomic E-state index is 11.8. The first-order chi connectivity index (χ1) is 11.2. The summed E-state index contributed by atoms with van der Waals surface area (Å²) in [5, 5.41) is 14.2. The number of carbonyl (C=O) groups excluding carboxylic acids is 1. The van der Waals surface area contributed by atoms with Crippen LogP contribution in [0.4, 0.5) is 5.69 Å². The van der Waals surface area contributed by atoms with Gasteiger partial charge < -0.3 is 10.1 Å². The molecule has 3 rings (SSSR count). The Morgan fingerprint density at radius 3 is 2.74 bits per heavy atom. The van der Waals surface area contributed by atoms with Crippen molar-refractivity contribution in [3.8, 4) is 11.4 Å². The lowest BCUT2D eigenvalue weighted by Gasteiger charge is -2.08. The molecule has 23 heavy (non-hydrogen) atoms. The normalized spacial score (nSPS) is 10.3. The van der Waals surface area contributed by atoms with E-state index < -0.39 is 0 Å². The monoisotopic (exact) mass is 329 g/mol. The molecular formula is C15H12ClN5O2. The van der Waals surface area contributed by atoms with Crippen molar-refractivity contribution in [2.24, 2.45) is 0 Å². The van der Waals surface area contributed by atoms with Crippen LogP contribution in [-0.4, -0.2) is 32.7 Å². The molecule has 0 saturated carbocycles. The largest absolute Gasteiger partial charge is 0.484 e. The van der Waals surface area contributed by atoms with Gasteiger partial charge in [0, 0.05) is 10.7 Å². The average molecular weight is 330 g/mol. The van der Waals surface area contributed by atoms with Crippen molar-refractivity contribution in [1.29, 1.82) is 0 Å². The van der Waals surface area contributed by atoms with Crippen LogP contribution in [0.5, 0.6) is 5.75 Å². The highest BCUT2D eigenvalue weighted by molar-refractivity contribution is 6.30. The fraction of sp³-hybridized carbons (Fsp3) is 0.0667. The molecule has 2 aromatic carbocycles. The molecule has 1 amide bonds. The molecule has 1 aromatic heterocycles. The molecule has 0 fully saturated rings. The van der Waals surface area contributed by atoms with Gasteiger partial charge in [0.1, 0.15) is 12.1 Å². The molecular weight excluding hydrogens is 318 g/mol. The molecule has 0 saturated heterocycles. The molecule has 8 heteroatoms. The topological polar surface area (TPSA) is 81.9 Å². The fourth-order valence-corrected chi connectivity index (χ4v) is 2.08. The van der Waals surface area contributed by atoms with Crippen LogP contribution in [0.3, 0.4) is 0 Å². The number of hydrogen-bond donors (Lipinski definition) is 1. The van der Waals surface area contributed by atoms with Crippen molar-refractivity contribution in [1.82, 2.24) is 20.2 Å². The molecule has 0 atom stereocenters. The Bertz CT molecular complexity index is 790. The summed E-state index contributed by atoms with van der Waals surface area (Å²) < 4.78 is 6.96. The molecule has 0 spiro atoms. The van der Waals surface area contributed by atoms with Gasteiger partial charge in [-0.3, -0.25) is 4.79 Å². The second-order valence-electron chi connectivity index (χ2n) is 4.60. The Hall–Kier alpha value is -2.93. The minimum atomic E-state index is -0.267. The predicted molar refractivity (Wildman–Crippen MR) is 84.7 cm³/mol. The van der Waals surface area contributed by atoms with E-state index in [1.54, 1.807) is 48.5 Å². The highest BCUT2D eigenvalue weighted by Gasteiger charge is 2.05. The first kappa shape index (κ1) is 15.0. The first-order valence-electron chi connectivity index (χ1n) is 6.72. The molecule has 0 aliphatic rings. The maximum absolute atomic E-state index is 11.8. The summed E-state index contributed by atoms with van der Waals surface area (Å²) in [6.07, 6.45) is 1.49. The van der Waals surface area contributed by atoms with Gasteiger partial charge in [-0.25, -0.2) is 4.68 Å². The third-order valence-electron chi connectivity index (χ3n) is 2.93. The molecule has 3 aromatic rings. The molecule has 0 aliphatic heterocycles. The summed E-state index contributed by atoms with van der Waals surface area (Å²) in [4.78, 5) is 11.8. The van der Waals surface area contributed by atoms with E-state index in [1.165, 1.54) is 11.0 Å². The Kier molecular flexibility index (Phi) is 4.49. The Balaban J connectivity index is 1.54. The van der Waals surface area contributed by atoms with E-state index in [4.69, 9.17) is 16.3 Å². The number of hydrogen-bond acceptors (Lipinski definition) is 5. The molecule has 7 nitrogen and oxygen atoms in total. The molecule has 1 heterocycles. The van der Waals surface area contributed by atoms with Crippen LogP contribution in [0.1, 0.15) is 0 Å². The number of ether oxygens (including phenoxy) is 1. The summed E-state index contributed by atoms with van der Waals surface area (Å²) in [7, 11) is 0. The molecule has 0 unspecified atom stereocenters. The van der Waals surface area contributed by atoms with Gasteiger partial charge in [-0.15, -0.1) is 5.10 Å². The second kappa shape index (κ2) is 6.89. The SMILES string of the molecule is O=C(COc1ccc(-n2cnnn2)cc1)Nc1cccc(Cl)c1. The number of carbonyl (C=O) groups is 1. The van der Waals surface area contributed by atoms with Crippen LogP contribution < -0.4 is 10.1 Å². The van der Waals surface area contributed by atoms with Crippen molar-refractivity contribution >= 4 is 23.2 Å². The van der Waals surface area contributed by atoms with Gasteiger partial charge >= 0.3 is 0 Å². The van der Waals surface area contributed by atoms with E-state index in [2.05, 4.69) is 20.8 Å². The van der Waals surface area contributed by atoms with Crippen LogP contribution in [-0.2, 0) is 4.79 Å². The number of rotatable bonds is 5. The van der Waals surface area contributed by atoms with E-state index >= 15 is 0 Å². The van der Waals surface area contributed by atoms with Gasteiger partial charge in [0.25, 0.3) is 5.91 Å². The van der Waals surface area contributed by atoms with E-state index in [1.807, 2.05) is 0 Å². The summed E-state index contributed by atoms with van der Waals surface area (Å²) in [5.41, 5.74) is 1.42. The number of nitrogens with one attached hydrogen (secondary N) is 1. The van der Waals surface area contributed by atoms with Crippen molar-refractivity contribution in [3.05, 3.63) is 59.9 Å². The number of benzene rings is 2. The number of halogens is 1. The van der Waals surface area contributed by atoms with Crippen molar-refractivity contribution in [2.75, 3.05) is 11.9 Å². The van der Waals surface area contributed by atoms with E-state index in [0.29, 0.717) is 16.5 Å². The summed E-state index contributed by atoms with van der Waals surface area (Å²) in [6.45, 7) is -0.100. The first-order valence-corrected chi connectivity index (χ1v) is 7.10. The molecule has 0 bridgehead atoms. The van der Waals surface area contributed by atoms with Gasteiger partial charge in [-0.05, 0) is 52.9 Å². The molecule has 116 valence electrons. The van der Waals surface area contributed by atoms with Crippen LogP contribution >= 0.6 is 11.6 Å². The van der Waals surface area contributed by atoms with E-state index in [-0.39, 0.29) is 12.5 Å². The zero-order valence-electron chi connectivity index (χ0n) is 11.9. The molecule has 0 aliphatic carbocycles. The maximum Gasteiger partial charge on any atom is 0.262 e. The van der Waals surface area contributed by atoms with Gasteiger partial charge in [0.15, 0.2) is 6.61 Å². The van der Waals surface area contributed by atoms with Crippen molar-refractivity contribution < 1.29 is 9.53 Å². The highest BCUT2D eigenvalue weighted by atomic mass is 35.5. The lowest BCUT2D eigenvalue weighted by atomic mass is 10.3. The van der Waals surface area contributed by atoms with Gasteiger partial charge in [0.05, 0.1) is 5.69 Å². The number of anilines is 1. The summed E-state index contributed by atoms with van der Waals surface area (Å²) in [5.74, 6) is 0.305. The third-order valence-corrected chi connectivity index (χ3v) is 3.16.